The summed E-state index contributed by atoms with van der Waals surface area (Å²) in [6.07, 6.45) is 0. The molecule has 0 radical (unpaired) electrons. The van der Waals surface area contributed by atoms with Crippen LogP contribution in [0.4, 0.5) is 11.4 Å². The van der Waals surface area contributed by atoms with Crippen molar-refractivity contribution >= 4 is 27.3 Å². The predicted molar refractivity (Wildman–Crippen MR) is 68.6 cm³/mol. The molecule has 3 heteroatoms. The van der Waals surface area contributed by atoms with Crippen LogP contribution in [0.2, 0.25) is 0 Å². The molecule has 2 aromatic rings. The van der Waals surface area contributed by atoms with Crippen LogP contribution in [0.1, 0.15) is 5.56 Å². The van der Waals surface area contributed by atoms with Gasteiger partial charge in [-0.25, -0.2) is 0 Å². The highest BCUT2D eigenvalue weighted by molar-refractivity contribution is 9.10. The third-order valence-corrected chi connectivity index (χ3v) is 2.88. The molecular formula is C13H9BrN2. The average Bonchev–Trinajstić information content (AvgIpc) is 2.33. The maximum Gasteiger partial charge on any atom is 0.101 e. The molecule has 0 amide bonds. The molecule has 16 heavy (non-hydrogen) atoms. The van der Waals surface area contributed by atoms with Crippen LogP contribution in [0.5, 0.6) is 0 Å². The fraction of sp³-hybridized carbons (Fsp3) is 0. The summed E-state index contributed by atoms with van der Waals surface area (Å²) in [6.45, 7) is 0. The number of nitrogens with zero attached hydrogens (tertiary/aromatic N) is 1. The van der Waals surface area contributed by atoms with E-state index in [-0.39, 0.29) is 0 Å². The molecule has 0 aliphatic heterocycles. The van der Waals surface area contributed by atoms with Crippen molar-refractivity contribution in [3.63, 3.8) is 0 Å². The van der Waals surface area contributed by atoms with Crippen molar-refractivity contribution in [1.82, 2.24) is 0 Å². The molecule has 0 saturated heterocycles. The minimum Gasteiger partial charge on any atom is -0.354 e. The summed E-state index contributed by atoms with van der Waals surface area (Å²) < 4.78 is 0.975. The number of anilines is 2. The van der Waals surface area contributed by atoms with Gasteiger partial charge in [-0.05, 0) is 40.2 Å². The fourth-order valence-electron chi connectivity index (χ4n) is 1.40. The third-order valence-electron chi connectivity index (χ3n) is 2.19. The number of benzene rings is 2. The minimum absolute atomic E-state index is 0.637. The number of halogens is 1. The van der Waals surface area contributed by atoms with E-state index >= 15 is 0 Å². The zero-order valence-corrected chi connectivity index (χ0v) is 10.0. The van der Waals surface area contributed by atoms with Gasteiger partial charge in [0.2, 0.25) is 0 Å². The second-order valence-electron chi connectivity index (χ2n) is 3.26. The Balaban J connectivity index is 2.35. The van der Waals surface area contributed by atoms with E-state index in [9.17, 15) is 0 Å². The summed E-state index contributed by atoms with van der Waals surface area (Å²) in [6, 6.07) is 17.4. The lowest BCUT2D eigenvalue weighted by Crippen LogP contribution is -1.93. The molecule has 0 atom stereocenters. The van der Waals surface area contributed by atoms with Crippen LogP contribution in [0.3, 0.4) is 0 Å². The van der Waals surface area contributed by atoms with Crippen LogP contribution in [0.25, 0.3) is 0 Å². The van der Waals surface area contributed by atoms with Crippen molar-refractivity contribution in [2.24, 2.45) is 0 Å². The quantitative estimate of drug-likeness (QED) is 0.895. The number of hydrogen-bond donors (Lipinski definition) is 1. The molecule has 2 rings (SSSR count). The molecule has 0 bridgehead atoms. The Labute approximate surface area is 103 Å². The van der Waals surface area contributed by atoms with E-state index in [1.165, 1.54) is 0 Å². The van der Waals surface area contributed by atoms with Crippen molar-refractivity contribution in [3.05, 3.63) is 58.6 Å². The zero-order valence-electron chi connectivity index (χ0n) is 8.44. The van der Waals surface area contributed by atoms with E-state index in [1.807, 2.05) is 42.5 Å². The van der Waals surface area contributed by atoms with E-state index in [1.54, 1.807) is 6.07 Å². The number of nitriles is 1. The summed E-state index contributed by atoms with van der Waals surface area (Å²) in [5.41, 5.74) is 2.40. The lowest BCUT2D eigenvalue weighted by atomic mass is 10.2. The molecule has 2 aromatic carbocycles. The van der Waals surface area contributed by atoms with E-state index < -0.39 is 0 Å². The first-order chi connectivity index (χ1) is 7.81. The third kappa shape index (κ3) is 2.23. The van der Waals surface area contributed by atoms with Crippen molar-refractivity contribution in [2.45, 2.75) is 0 Å². The maximum atomic E-state index is 8.96. The van der Waals surface area contributed by atoms with Gasteiger partial charge in [-0.1, -0.05) is 24.3 Å². The summed E-state index contributed by atoms with van der Waals surface area (Å²) in [5.74, 6) is 0. The fourth-order valence-corrected chi connectivity index (χ4v) is 1.78. The smallest absolute Gasteiger partial charge is 0.101 e. The lowest BCUT2D eigenvalue weighted by Gasteiger charge is -2.09. The number of rotatable bonds is 2. The molecule has 0 saturated carbocycles. The van der Waals surface area contributed by atoms with Gasteiger partial charge in [0.05, 0.1) is 16.9 Å². The summed E-state index contributed by atoms with van der Waals surface area (Å²) in [7, 11) is 0. The van der Waals surface area contributed by atoms with Gasteiger partial charge in [-0.2, -0.15) is 5.26 Å². The van der Waals surface area contributed by atoms with Gasteiger partial charge in [-0.15, -0.1) is 0 Å². The molecule has 0 aromatic heterocycles. The Morgan fingerprint density at radius 3 is 2.25 bits per heavy atom. The summed E-state index contributed by atoms with van der Waals surface area (Å²) in [4.78, 5) is 0. The molecule has 0 spiro atoms. The van der Waals surface area contributed by atoms with Crippen molar-refractivity contribution in [2.75, 3.05) is 5.32 Å². The number of para-hydroxylation sites is 2. The lowest BCUT2D eigenvalue weighted by molar-refractivity contribution is 1.45. The van der Waals surface area contributed by atoms with Gasteiger partial charge in [0.1, 0.15) is 6.07 Å². The molecule has 0 aliphatic carbocycles. The normalized spacial score (nSPS) is 9.50. The monoisotopic (exact) mass is 272 g/mol. The first kappa shape index (κ1) is 10.7. The van der Waals surface area contributed by atoms with Crippen LogP contribution in [-0.2, 0) is 0 Å². The molecular weight excluding hydrogens is 264 g/mol. The van der Waals surface area contributed by atoms with Crippen LogP contribution in [-0.4, -0.2) is 0 Å². The van der Waals surface area contributed by atoms with Gasteiger partial charge < -0.3 is 5.32 Å². The van der Waals surface area contributed by atoms with Crippen LogP contribution in [0, 0.1) is 11.3 Å². The van der Waals surface area contributed by atoms with Crippen molar-refractivity contribution < 1.29 is 0 Å². The Morgan fingerprint density at radius 1 is 0.938 bits per heavy atom. The van der Waals surface area contributed by atoms with Gasteiger partial charge >= 0.3 is 0 Å². The standard InChI is InChI=1S/C13H9BrN2/c14-11-6-2-4-8-13(11)16-12-7-3-1-5-10(12)9-15/h1-8,16H. The van der Waals surface area contributed by atoms with Crippen LogP contribution in [0.15, 0.2) is 53.0 Å². The molecule has 0 unspecified atom stereocenters. The van der Waals surface area contributed by atoms with E-state index in [4.69, 9.17) is 5.26 Å². The molecule has 78 valence electrons. The van der Waals surface area contributed by atoms with Crippen LogP contribution >= 0.6 is 15.9 Å². The largest absolute Gasteiger partial charge is 0.354 e. The average molecular weight is 273 g/mol. The first-order valence-corrected chi connectivity index (χ1v) is 5.61. The predicted octanol–water partition coefficient (Wildman–Crippen LogP) is 4.06. The Kier molecular flexibility index (Phi) is 3.23. The topological polar surface area (TPSA) is 35.8 Å². The molecule has 1 N–H and O–H groups in total. The Hall–Kier alpha value is -1.79. The summed E-state index contributed by atoms with van der Waals surface area (Å²) in [5, 5.41) is 12.2. The van der Waals surface area contributed by atoms with Crippen molar-refractivity contribution in [1.29, 1.82) is 5.26 Å². The molecule has 2 nitrogen and oxygen atoms in total. The van der Waals surface area contributed by atoms with Crippen molar-refractivity contribution in [3.8, 4) is 6.07 Å². The van der Waals surface area contributed by atoms with Gasteiger partial charge in [0.25, 0.3) is 0 Å². The molecule has 0 aliphatic rings. The highest BCUT2D eigenvalue weighted by Crippen LogP contribution is 2.26. The zero-order chi connectivity index (χ0) is 11.4. The van der Waals surface area contributed by atoms with E-state index in [0.29, 0.717) is 5.56 Å². The SMILES string of the molecule is N#Cc1ccccc1Nc1ccccc1Br. The summed E-state index contributed by atoms with van der Waals surface area (Å²) >= 11 is 3.45. The molecule has 0 fully saturated rings. The minimum atomic E-state index is 0.637. The second-order valence-corrected chi connectivity index (χ2v) is 4.12. The first-order valence-electron chi connectivity index (χ1n) is 4.82. The maximum absolute atomic E-state index is 8.96. The number of hydrogen-bond acceptors (Lipinski definition) is 2. The second kappa shape index (κ2) is 4.82. The van der Waals surface area contributed by atoms with Gasteiger partial charge in [0.15, 0.2) is 0 Å². The number of nitrogens with one attached hydrogen (secondary N) is 1. The van der Waals surface area contributed by atoms with Gasteiger partial charge in [0, 0.05) is 4.47 Å². The Morgan fingerprint density at radius 2 is 1.56 bits per heavy atom. The molecule has 0 heterocycles. The highest BCUT2D eigenvalue weighted by atomic mass is 79.9. The van der Waals surface area contributed by atoms with E-state index in [2.05, 4.69) is 27.3 Å². The van der Waals surface area contributed by atoms with Gasteiger partial charge in [-0.3, -0.25) is 0 Å². The highest BCUT2D eigenvalue weighted by Gasteiger charge is 2.02. The Bertz CT molecular complexity index is 544. The van der Waals surface area contributed by atoms with Crippen LogP contribution < -0.4 is 5.32 Å². The van der Waals surface area contributed by atoms with E-state index in [0.717, 1.165) is 15.8 Å².